The van der Waals surface area contributed by atoms with Crippen LogP contribution in [-0.2, 0) is 12.6 Å². The monoisotopic (exact) mass is 435 g/mol. The van der Waals surface area contributed by atoms with E-state index in [1.54, 1.807) is 30.3 Å². The number of carbonyl (C=O) groups is 1. The fraction of sp³-hybridized carbons (Fsp3) is 0.478. The molecule has 168 valence electrons. The zero-order valence-electron chi connectivity index (χ0n) is 17.8. The lowest BCUT2D eigenvalue weighted by Gasteiger charge is -2.41. The van der Waals surface area contributed by atoms with E-state index < -0.39 is 17.2 Å². The summed E-state index contributed by atoms with van der Waals surface area (Å²) in [5, 5.41) is 10.1. The quantitative estimate of drug-likeness (QED) is 0.745. The molecule has 5 nitrogen and oxygen atoms in total. The highest BCUT2D eigenvalue weighted by molar-refractivity contribution is 5.93. The Balaban J connectivity index is 1.66. The molecule has 0 unspecified atom stereocenters. The summed E-state index contributed by atoms with van der Waals surface area (Å²) in [6, 6.07) is 8.91. The van der Waals surface area contributed by atoms with E-state index in [1.807, 2.05) is 13.0 Å². The minimum Gasteiger partial charge on any atom is -0.396 e. The van der Waals surface area contributed by atoms with Gasteiger partial charge in [0.15, 0.2) is 0 Å². The summed E-state index contributed by atoms with van der Waals surface area (Å²) in [5.41, 5.74) is -0.0127. The number of aromatic nitrogens is 1. The Bertz CT molecular complexity index is 892. The lowest BCUT2D eigenvalue weighted by atomic mass is 9.74. The van der Waals surface area contributed by atoms with E-state index in [2.05, 4.69) is 9.88 Å². The molecule has 1 aliphatic rings. The number of nitrogens with zero attached hydrogens (tertiary/aromatic N) is 3. The molecule has 0 aliphatic carbocycles. The SMILES string of the molecule is CCN(C)C(=O)c1ccc(N2CCC(CO)(Cc3cccc(C(F)(F)F)c3)CC2)nc1. The number of hydrogen-bond acceptors (Lipinski definition) is 4. The van der Waals surface area contributed by atoms with Gasteiger partial charge in [-0.05, 0) is 49.9 Å². The number of aliphatic hydroxyl groups is 1. The molecule has 2 aromatic rings. The predicted molar refractivity (Wildman–Crippen MR) is 113 cm³/mol. The maximum Gasteiger partial charge on any atom is 0.416 e. The zero-order chi connectivity index (χ0) is 22.6. The molecular weight excluding hydrogens is 407 g/mol. The summed E-state index contributed by atoms with van der Waals surface area (Å²) in [7, 11) is 1.74. The number of pyridine rings is 1. The number of rotatable bonds is 6. The molecule has 2 heterocycles. The number of alkyl halides is 3. The summed E-state index contributed by atoms with van der Waals surface area (Å²) in [4.78, 5) is 20.3. The van der Waals surface area contributed by atoms with Crippen LogP contribution in [0, 0.1) is 5.41 Å². The van der Waals surface area contributed by atoms with E-state index in [1.165, 1.54) is 12.1 Å². The molecule has 0 spiro atoms. The van der Waals surface area contributed by atoms with Gasteiger partial charge in [0, 0.05) is 44.9 Å². The van der Waals surface area contributed by atoms with Gasteiger partial charge in [-0.25, -0.2) is 4.98 Å². The third kappa shape index (κ3) is 5.36. The third-order valence-electron chi connectivity index (χ3n) is 6.13. The highest BCUT2D eigenvalue weighted by Crippen LogP contribution is 2.37. The summed E-state index contributed by atoms with van der Waals surface area (Å²) in [6.45, 7) is 3.70. The fourth-order valence-electron chi connectivity index (χ4n) is 3.96. The lowest BCUT2D eigenvalue weighted by Crippen LogP contribution is -2.43. The van der Waals surface area contributed by atoms with Crippen LogP contribution in [0.15, 0.2) is 42.6 Å². The largest absolute Gasteiger partial charge is 0.416 e. The van der Waals surface area contributed by atoms with E-state index in [0.717, 1.165) is 11.9 Å². The second-order valence-electron chi connectivity index (χ2n) is 8.24. The molecule has 1 aliphatic heterocycles. The number of carbonyl (C=O) groups excluding carboxylic acids is 1. The van der Waals surface area contributed by atoms with E-state index in [-0.39, 0.29) is 12.5 Å². The second kappa shape index (κ2) is 9.26. The average Bonchev–Trinajstić information content (AvgIpc) is 2.78. The van der Waals surface area contributed by atoms with E-state index in [9.17, 15) is 23.1 Å². The highest BCUT2D eigenvalue weighted by atomic mass is 19.4. The standard InChI is InChI=1S/C23H28F3N3O2/c1-3-28(2)21(31)18-7-8-20(27-15-18)29-11-9-22(16-30,10-12-29)14-17-5-4-6-19(13-17)23(24,25)26/h4-8,13,15,30H,3,9-12,14,16H2,1-2H3. The lowest BCUT2D eigenvalue weighted by molar-refractivity contribution is -0.137. The first kappa shape index (κ1) is 23.1. The van der Waals surface area contributed by atoms with Crippen LogP contribution in [0.5, 0.6) is 0 Å². The van der Waals surface area contributed by atoms with E-state index >= 15 is 0 Å². The molecule has 0 bridgehead atoms. The normalized spacial score (nSPS) is 16.3. The summed E-state index contributed by atoms with van der Waals surface area (Å²) in [6.07, 6.45) is -1.13. The van der Waals surface area contributed by atoms with E-state index in [4.69, 9.17) is 0 Å². The maximum absolute atomic E-state index is 13.0. The molecule has 1 aromatic heterocycles. The van der Waals surface area contributed by atoms with Crippen LogP contribution in [0.25, 0.3) is 0 Å². The van der Waals surface area contributed by atoms with Crippen LogP contribution in [0.1, 0.15) is 41.3 Å². The Morgan fingerprint density at radius 2 is 1.94 bits per heavy atom. The number of piperidine rings is 1. The van der Waals surface area contributed by atoms with Crippen LogP contribution in [-0.4, -0.2) is 54.2 Å². The Labute approximate surface area is 180 Å². The van der Waals surface area contributed by atoms with Crippen molar-refractivity contribution >= 4 is 11.7 Å². The van der Waals surface area contributed by atoms with Gasteiger partial charge in [-0.2, -0.15) is 13.2 Å². The van der Waals surface area contributed by atoms with Crippen LogP contribution < -0.4 is 4.90 Å². The van der Waals surface area contributed by atoms with Crippen molar-refractivity contribution in [3.05, 3.63) is 59.3 Å². The van der Waals surface area contributed by atoms with Crippen LogP contribution >= 0.6 is 0 Å². The Morgan fingerprint density at radius 1 is 1.23 bits per heavy atom. The average molecular weight is 435 g/mol. The molecule has 1 N–H and O–H groups in total. The van der Waals surface area contributed by atoms with Gasteiger partial charge in [0.05, 0.1) is 11.1 Å². The minimum absolute atomic E-state index is 0.0820. The summed E-state index contributed by atoms with van der Waals surface area (Å²) in [5.74, 6) is 0.668. The Kier molecular flexibility index (Phi) is 6.89. The molecule has 1 aromatic carbocycles. The molecular formula is C23H28F3N3O2. The fourth-order valence-corrected chi connectivity index (χ4v) is 3.96. The number of amides is 1. The Hall–Kier alpha value is -2.61. The number of halogens is 3. The molecule has 1 saturated heterocycles. The molecule has 8 heteroatoms. The minimum atomic E-state index is -4.38. The molecule has 3 rings (SSSR count). The molecule has 31 heavy (non-hydrogen) atoms. The number of hydrogen-bond donors (Lipinski definition) is 1. The van der Waals surface area contributed by atoms with Crippen molar-refractivity contribution in [1.29, 1.82) is 0 Å². The number of aliphatic hydroxyl groups excluding tert-OH is 1. The second-order valence-corrected chi connectivity index (χ2v) is 8.24. The topological polar surface area (TPSA) is 56.7 Å². The maximum atomic E-state index is 13.0. The van der Waals surface area contributed by atoms with Crippen molar-refractivity contribution in [3.8, 4) is 0 Å². The molecule has 0 saturated carbocycles. The first-order valence-corrected chi connectivity index (χ1v) is 10.4. The van der Waals surface area contributed by atoms with E-state index in [0.29, 0.717) is 50.0 Å². The van der Waals surface area contributed by atoms with Gasteiger partial charge in [0.2, 0.25) is 0 Å². The zero-order valence-corrected chi connectivity index (χ0v) is 17.8. The van der Waals surface area contributed by atoms with Crippen molar-refractivity contribution in [3.63, 3.8) is 0 Å². The molecule has 0 atom stereocenters. The van der Waals surface area contributed by atoms with Gasteiger partial charge in [-0.15, -0.1) is 0 Å². The van der Waals surface area contributed by atoms with Gasteiger partial charge in [0.25, 0.3) is 5.91 Å². The van der Waals surface area contributed by atoms with Gasteiger partial charge in [-0.3, -0.25) is 4.79 Å². The van der Waals surface area contributed by atoms with Crippen molar-refractivity contribution in [2.45, 2.75) is 32.4 Å². The third-order valence-corrected chi connectivity index (χ3v) is 6.13. The van der Waals surface area contributed by atoms with Gasteiger partial charge >= 0.3 is 6.18 Å². The molecule has 0 radical (unpaired) electrons. The first-order chi connectivity index (χ1) is 14.7. The predicted octanol–water partition coefficient (Wildman–Crippen LogP) is 4.01. The summed E-state index contributed by atoms with van der Waals surface area (Å²) < 4.78 is 39.1. The molecule has 1 fully saturated rings. The van der Waals surface area contributed by atoms with Gasteiger partial charge < -0.3 is 14.9 Å². The highest BCUT2D eigenvalue weighted by Gasteiger charge is 2.36. The van der Waals surface area contributed by atoms with Gasteiger partial charge in [0.1, 0.15) is 5.82 Å². The van der Waals surface area contributed by atoms with Crippen LogP contribution in [0.3, 0.4) is 0 Å². The van der Waals surface area contributed by atoms with Crippen molar-refractivity contribution < 1.29 is 23.1 Å². The Morgan fingerprint density at radius 3 is 2.48 bits per heavy atom. The smallest absolute Gasteiger partial charge is 0.396 e. The van der Waals surface area contributed by atoms with Gasteiger partial charge in [-0.1, -0.05) is 18.2 Å². The van der Waals surface area contributed by atoms with Crippen molar-refractivity contribution in [2.24, 2.45) is 5.41 Å². The number of benzene rings is 1. The van der Waals surface area contributed by atoms with Crippen LogP contribution in [0.2, 0.25) is 0 Å². The molecule has 1 amide bonds. The number of anilines is 1. The summed E-state index contributed by atoms with van der Waals surface area (Å²) >= 11 is 0. The van der Waals surface area contributed by atoms with Crippen molar-refractivity contribution in [1.82, 2.24) is 9.88 Å². The van der Waals surface area contributed by atoms with Crippen molar-refractivity contribution in [2.75, 3.05) is 38.2 Å². The first-order valence-electron chi connectivity index (χ1n) is 10.4. The van der Waals surface area contributed by atoms with Crippen LogP contribution in [0.4, 0.5) is 19.0 Å².